The van der Waals surface area contributed by atoms with Crippen molar-refractivity contribution in [2.45, 2.75) is 32.1 Å². The zero-order chi connectivity index (χ0) is 19.2. The lowest BCUT2D eigenvalue weighted by atomic mass is 9.93. The standard InChI is InChI=1S/C20H29N3O4/c1-26-16-5-6-18(27-2)17(14-16)21-20(25)23-11-7-15(8-12-23)13-19(24)22-9-3-4-10-22/h5-6,14-15H,3-4,7-13H2,1-2H3,(H,21,25). The number of benzene rings is 1. The third kappa shape index (κ3) is 4.84. The quantitative estimate of drug-likeness (QED) is 0.859. The Kier molecular flexibility index (Phi) is 6.42. The summed E-state index contributed by atoms with van der Waals surface area (Å²) < 4.78 is 10.5. The van der Waals surface area contributed by atoms with Gasteiger partial charge in [-0.05, 0) is 43.7 Å². The highest BCUT2D eigenvalue weighted by Crippen LogP contribution is 2.30. The third-order valence-electron chi connectivity index (χ3n) is 5.47. The van der Waals surface area contributed by atoms with Crippen molar-refractivity contribution in [2.75, 3.05) is 45.7 Å². The molecule has 2 saturated heterocycles. The third-order valence-corrected chi connectivity index (χ3v) is 5.47. The van der Waals surface area contributed by atoms with Crippen molar-refractivity contribution in [3.05, 3.63) is 18.2 Å². The van der Waals surface area contributed by atoms with E-state index >= 15 is 0 Å². The molecule has 0 bridgehead atoms. The molecule has 0 saturated carbocycles. The zero-order valence-corrected chi connectivity index (χ0v) is 16.2. The molecule has 2 heterocycles. The molecular formula is C20H29N3O4. The lowest BCUT2D eigenvalue weighted by Crippen LogP contribution is -2.42. The second-order valence-electron chi connectivity index (χ2n) is 7.22. The highest BCUT2D eigenvalue weighted by Gasteiger charge is 2.27. The van der Waals surface area contributed by atoms with Gasteiger partial charge in [-0.25, -0.2) is 4.79 Å². The molecule has 1 N–H and O–H groups in total. The molecule has 0 radical (unpaired) electrons. The van der Waals surface area contributed by atoms with Crippen LogP contribution in [0.1, 0.15) is 32.1 Å². The molecule has 0 aromatic heterocycles. The number of methoxy groups -OCH3 is 2. The summed E-state index contributed by atoms with van der Waals surface area (Å²) in [6, 6.07) is 5.16. The molecule has 27 heavy (non-hydrogen) atoms. The smallest absolute Gasteiger partial charge is 0.321 e. The summed E-state index contributed by atoms with van der Waals surface area (Å²) in [5.41, 5.74) is 0.591. The van der Waals surface area contributed by atoms with E-state index in [1.165, 1.54) is 0 Å². The van der Waals surface area contributed by atoms with Crippen LogP contribution in [0.2, 0.25) is 0 Å². The maximum atomic E-state index is 12.6. The van der Waals surface area contributed by atoms with E-state index in [9.17, 15) is 9.59 Å². The fraction of sp³-hybridized carbons (Fsp3) is 0.600. The lowest BCUT2D eigenvalue weighted by Gasteiger charge is -2.32. The lowest BCUT2D eigenvalue weighted by molar-refractivity contribution is -0.131. The molecule has 3 amide bonds. The van der Waals surface area contributed by atoms with Crippen molar-refractivity contribution in [3.8, 4) is 11.5 Å². The second-order valence-corrected chi connectivity index (χ2v) is 7.22. The van der Waals surface area contributed by atoms with Gasteiger partial charge in [-0.2, -0.15) is 0 Å². The van der Waals surface area contributed by atoms with E-state index in [1.54, 1.807) is 37.3 Å². The minimum absolute atomic E-state index is 0.147. The minimum atomic E-state index is -0.147. The van der Waals surface area contributed by atoms with E-state index in [4.69, 9.17) is 9.47 Å². The van der Waals surface area contributed by atoms with Crippen LogP contribution in [0.5, 0.6) is 11.5 Å². The van der Waals surface area contributed by atoms with E-state index in [0.717, 1.165) is 38.8 Å². The average Bonchev–Trinajstić information content (AvgIpc) is 3.23. The number of rotatable bonds is 5. The zero-order valence-electron chi connectivity index (χ0n) is 16.2. The van der Waals surface area contributed by atoms with Gasteiger partial charge in [0.2, 0.25) is 5.91 Å². The number of likely N-dealkylation sites (tertiary alicyclic amines) is 2. The molecule has 0 unspecified atom stereocenters. The van der Waals surface area contributed by atoms with Gasteiger partial charge in [0.05, 0.1) is 19.9 Å². The molecule has 1 aromatic rings. The molecule has 2 aliphatic heterocycles. The monoisotopic (exact) mass is 375 g/mol. The van der Waals surface area contributed by atoms with E-state index in [-0.39, 0.29) is 11.9 Å². The summed E-state index contributed by atoms with van der Waals surface area (Å²) >= 11 is 0. The Morgan fingerprint density at radius 1 is 1.04 bits per heavy atom. The SMILES string of the molecule is COc1ccc(OC)c(NC(=O)N2CCC(CC(=O)N3CCCC3)CC2)c1. The Balaban J connectivity index is 1.50. The molecular weight excluding hydrogens is 346 g/mol. The van der Waals surface area contributed by atoms with Crippen molar-refractivity contribution in [2.24, 2.45) is 5.92 Å². The number of amides is 3. The van der Waals surface area contributed by atoms with E-state index in [1.807, 2.05) is 4.90 Å². The Morgan fingerprint density at radius 2 is 1.74 bits per heavy atom. The van der Waals surface area contributed by atoms with Crippen LogP contribution >= 0.6 is 0 Å². The highest BCUT2D eigenvalue weighted by atomic mass is 16.5. The predicted octanol–water partition coefficient (Wildman–Crippen LogP) is 2.96. The van der Waals surface area contributed by atoms with Crippen molar-refractivity contribution in [1.82, 2.24) is 9.80 Å². The first kappa shape index (κ1) is 19.3. The molecule has 2 aliphatic rings. The van der Waals surface area contributed by atoms with Crippen molar-refractivity contribution in [1.29, 1.82) is 0 Å². The Hall–Kier alpha value is -2.44. The van der Waals surface area contributed by atoms with Crippen LogP contribution in [0.4, 0.5) is 10.5 Å². The van der Waals surface area contributed by atoms with Gasteiger partial charge in [0.15, 0.2) is 0 Å². The van der Waals surface area contributed by atoms with Gasteiger partial charge in [0.25, 0.3) is 0 Å². The average molecular weight is 375 g/mol. The van der Waals surface area contributed by atoms with Crippen LogP contribution in [0, 0.1) is 5.92 Å². The largest absolute Gasteiger partial charge is 0.497 e. The Labute approximate surface area is 160 Å². The second kappa shape index (κ2) is 8.97. The summed E-state index contributed by atoms with van der Waals surface area (Å²) in [7, 11) is 3.15. The van der Waals surface area contributed by atoms with Gasteiger partial charge in [0, 0.05) is 38.7 Å². The van der Waals surface area contributed by atoms with Crippen LogP contribution in [-0.2, 0) is 4.79 Å². The topological polar surface area (TPSA) is 71.1 Å². The molecule has 7 heteroatoms. The number of anilines is 1. The first-order valence-corrected chi connectivity index (χ1v) is 9.66. The summed E-state index contributed by atoms with van der Waals surface area (Å²) in [6.45, 7) is 3.14. The number of carbonyl (C=O) groups excluding carboxylic acids is 2. The fourth-order valence-electron chi connectivity index (χ4n) is 3.79. The Morgan fingerprint density at radius 3 is 2.37 bits per heavy atom. The van der Waals surface area contributed by atoms with Crippen molar-refractivity contribution in [3.63, 3.8) is 0 Å². The number of hydrogen-bond donors (Lipinski definition) is 1. The number of urea groups is 1. The van der Waals surface area contributed by atoms with Crippen LogP contribution in [0.25, 0.3) is 0 Å². The predicted molar refractivity (Wildman–Crippen MR) is 103 cm³/mol. The first-order chi connectivity index (χ1) is 13.1. The van der Waals surface area contributed by atoms with Gasteiger partial charge in [0.1, 0.15) is 11.5 Å². The molecule has 0 spiro atoms. The number of nitrogens with one attached hydrogen (secondary N) is 1. The molecule has 7 nitrogen and oxygen atoms in total. The molecule has 3 rings (SSSR count). The van der Waals surface area contributed by atoms with Crippen molar-refractivity contribution >= 4 is 17.6 Å². The van der Waals surface area contributed by atoms with Gasteiger partial charge < -0.3 is 24.6 Å². The van der Waals surface area contributed by atoms with Crippen LogP contribution < -0.4 is 14.8 Å². The molecule has 148 valence electrons. The summed E-state index contributed by atoms with van der Waals surface area (Å²) in [4.78, 5) is 28.7. The normalized spacial score (nSPS) is 17.7. The summed E-state index contributed by atoms with van der Waals surface area (Å²) in [5.74, 6) is 1.89. The summed E-state index contributed by atoms with van der Waals surface area (Å²) in [6.07, 6.45) is 4.58. The first-order valence-electron chi connectivity index (χ1n) is 9.66. The van der Waals surface area contributed by atoms with E-state index < -0.39 is 0 Å². The number of nitrogens with zero attached hydrogens (tertiary/aromatic N) is 2. The van der Waals surface area contributed by atoms with Gasteiger partial charge in [-0.1, -0.05) is 0 Å². The van der Waals surface area contributed by atoms with Crippen LogP contribution in [0.15, 0.2) is 18.2 Å². The van der Waals surface area contributed by atoms with Gasteiger partial charge >= 0.3 is 6.03 Å². The maximum absolute atomic E-state index is 12.6. The Bertz CT molecular complexity index is 665. The van der Waals surface area contributed by atoms with E-state index in [0.29, 0.717) is 42.6 Å². The van der Waals surface area contributed by atoms with E-state index in [2.05, 4.69) is 5.32 Å². The maximum Gasteiger partial charge on any atom is 0.321 e. The molecule has 0 aliphatic carbocycles. The highest BCUT2D eigenvalue weighted by molar-refractivity contribution is 5.91. The number of piperidine rings is 1. The number of hydrogen-bond acceptors (Lipinski definition) is 4. The van der Waals surface area contributed by atoms with Crippen molar-refractivity contribution < 1.29 is 19.1 Å². The number of ether oxygens (including phenoxy) is 2. The molecule has 0 atom stereocenters. The number of carbonyl (C=O) groups is 2. The molecule has 2 fully saturated rings. The van der Waals surface area contributed by atoms with Gasteiger partial charge in [-0.3, -0.25) is 4.79 Å². The summed E-state index contributed by atoms with van der Waals surface area (Å²) in [5, 5.41) is 2.91. The van der Waals surface area contributed by atoms with Gasteiger partial charge in [-0.15, -0.1) is 0 Å². The van der Waals surface area contributed by atoms with Crippen LogP contribution in [-0.4, -0.2) is 62.1 Å². The molecule has 1 aromatic carbocycles. The van der Waals surface area contributed by atoms with Crippen LogP contribution in [0.3, 0.4) is 0 Å². The fourth-order valence-corrected chi connectivity index (χ4v) is 3.79. The minimum Gasteiger partial charge on any atom is -0.497 e.